The van der Waals surface area contributed by atoms with E-state index in [-0.39, 0.29) is 18.2 Å². The minimum absolute atomic E-state index is 0.0304. The molecule has 4 aromatic rings. The fourth-order valence-corrected chi connectivity index (χ4v) is 4.98. The van der Waals surface area contributed by atoms with E-state index < -0.39 is 0 Å². The molecule has 0 saturated heterocycles. The SMILES string of the molecule is CCOc1ccc(-c2nc(CC(=O)Nc3ccc(C(=O)N4CCc5ccccc54)cc3)cs2)cc1. The predicted octanol–water partition coefficient (Wildman–Crippen LogP) is 5.59. The highest BCUT2D eigenvalue weighted by molar-refractivity contribution is 7.13. The predicted molar refractivity (Wildman–Crippen MR) is 139 cm³/mol. The Balaban J connectivity index is 1.18. The number of hydrogen-bond acceptors (Lipinski definition) is 5. The zero-order valence-electron chi connectivity index (χ0n) is 19.4. The van der Waals surface area contributed by atoms with E-state index >= 15 is 0 Å². The van der Waals surface area contributed by atoms with Gasteiger partial charge in [-0.2, -0.15) is 0 Å². The molecule has 1 aromatic heterocycles. The fraction of sp³-hybridized carbons (Fsp3) is 0.179. The lowest BCUT2D eigenvalue weighted by molar-refractivity contribution is -0.115. The molecule has 1 aliphatic heterocycles. The molecule has 0 atom stereocenters. The zero-order chi connectivity index (χ0) is 24.2. The maximum absolute atomic E-state index is 13.0. The molecule has 0 saturated carbocycles. The number of aromatic nitrogens is 1. The standard InChI is InChI=1S/C28H25N3O3S/c1-2-34-24-13-9-20(10-14-24)27-30-23(18-35-27)17-26(32)29-22-11-7-21(8-12-22)28(33)31-16-15-19-5-3-4-6-25(19)31/h3-14,18H,2,15-17H2,1H3,(H,29,32). The molecule has 0 aliphatic carbocycles. The Morgan fingerprint density at radius 3 is 2.57 bits per heavy atom. The van der Waals surface area contributed by atoms with Gasteiger partial charge in [-0.3, -0.25) is 9.59 Å². The van der Waals surface area contributed by atoms with Crippen LogP contribution in [-0.4, -0.2) is 29.9 Å². The van der Waals surface area contributed by atoms with Crippen LogP contribution in [0.15, 0.2) is 78.2 Å². The van der Waals surface area contributed by atoms with Crippen LogP contribution < -0.4 is 15.0 Å². The first-order chi connectivity index (χ1) is 17.1. The van der Waals surface area contributed by atoms with Crippen LogP contribution in [0.4, 0.5) is 11.4 Å². The summed E-state index contributed by atoms with van der Waals surface area (Å²) in [6.07, 6.45) is 1.05. The maximum Gasteiger partial charge on any atom is 0.258 e. The van der Waals surface area contributed by atoms with Crippen molar-refractivity contribution in [2.75, 3.05) is 23.4 Å². The van der Waals surface area contributed by atoms with Gasteiger partial charge >= 0.3 is 0 Å². The smallest absolute Gasteiger partial charge is 0.258 e. The summed E-state index contributed by atoms with van der Waals surface area (Å²) in [5.74, 6) is 0.642. The first kappa shape index (κ1) is 22.8. The van der Waals surface area contributed by atoms with Crippen molar-refractivity contribution in [3.8, 4) is 16.3 Å². The van der Waals surface area contributed by atoms with Gasteiger partial charge in [0.2, 0.25) is 5.91 Å². The van der Waals surface area contributed by atoms with Gasteiger partial charge in [-0.25, -0.2) is 4.98 Å². The molecule has 7 heteroatoms. The number of carbonyl (C=O) groups excluding carboxylic acids is 2. The Bertz CT molecular complexity index is 1350. The lowest BCUT2D eigenvalue weighted by Gasteiger charge is -2.17. The molecule has 0 unspecified atom stereocenters. The number of rotatable bonds is 7. The van der Waals surface area contributed by atoms with Crippen LogP contribution in [0, 0.1) is 0 Å². The third-order valence-corrected chi connectivity index (χ3v) is 6.79. The number of hydrogen-bond donors (Lipinski definition) is 1. The number of thiazole rings is 1. The lowest BCUT2D eigenvalue weighted by Crippen LogP contribution is -2.28. The van der Waals surface area contributed by atoms with E-state index in [1.54, 1.807) is 24.3 Å². The molecule has 6 nitrogen and oxygen atoms in total. The van der Waals surface area contributed by atoms with Crippen molar-refractivity contribution < 1.29 is 14.3 Å². The van der Waals surface area contributed by atoms with Gasteiger partial charge in [0.1, 0.15) is 10.8 Å². The van der Waals surface area contributed by atoms with Crippen LogP contribution in [0.5, 0.6) is 5.75 Å². The minimum Gasteiger partial charge on any atom is -0.494 e. The molecular formula is C28H25N3O3S. The average molecular weight is 484 g/mol. The molecular weight excluding hydrogens is 458 g/mol. The van der Waals surface area contributed by atoms with Crippen LogP contribution in [0.2, 0.25) is 0 Å². The Hall–Kier alpha value is -3.97. The number of benzene rings is 3. The van der Waals surface area contributed by atoms with Crippen LogP contribution in [0.1, 0.15) is 28.5 Å². The molecule has 3 aromatic carbocycles. The number of nitrogens with zero attached hydrogens (tertiary/aromatic N) is 2. The highest BCUT2D eigenvalue weighted by Gasteiger charge is 2.25. The summed E-state index contributed by atoms with van der Waals surface area (Å²) in [5, 5.41) is 5.66. The van der Waals surface area contributed by atoms with E-state index in [0.717, 1.165) is 34.1 Å². The van der Waals surface area contributed by atoms with Gasteiger partial charge in [0, 0.05) is 34.4 Å². The number of para-hydroxylation sites is 1. The molecule has 0 fully saturated rings. The molecule has 0 radical (unpaired) electrons. The average Bonchev–Trinajstić information content (AvgIpc) is 3.52. The molecule has 0 bridgehead atoms. The molecule has 1 N–H and O–H groups in total. The number of ether oxygens (including phenoxy) is 1. The summed E-state index contributed by atoms with van der Waals surface area (Å²) in [5.41, 5.74) is 5.12. The van der Waals surface area contributed by atoms with Crippen molar-refractivity contribution in [2.24, 2.45) is 0 Å². The Morgan fingerprint density at radius 2 is 1.80 bits per heavy atom. The first-order valence-electron chi connectivity index (χ1n) is 11.6. The summed E-state index contributed by atoms with van der Waals surface area (Å²) in [6.45, 7) is 3.26. The van der Waals surface area contributed by atoms with E-state index in [4.69, 9.17) is 4.74 Å². The van der Waals surface area contributed by atoms with Crippen LogP contribution in [0.25, 0.3) is 10.6 Å². The number of nitrogens with one attached hydrogen (secondary N) is 1. The molecule has 2 heterocycles. The summed E-state index contributed by atoms with van der Waals surface area (Å²) in [7, 11) is 0. The lowest BCUT2D eigenvalue weighted by atomic mass is 10.1. The highest BCUT2D eigenvalue weighted by Crippen LogP contribution is 2.29. The van der Waals surface area contributed by atoms with E-state index in [9.17, 15) is 9.59 Å². The van der Waals surface area contributed by atoms with Crippen molar-refractivity contribution in [1.82, 2.24) is 4.98 Å². The summed E-state index contributed by atoms with van der Waals surface area (Å²) in [6, 6.07) is 22.8. The zero-order valence-corrected chi connectivity index (χ0v) is 20.2. The largest absolute Gasteiger partial charge is 0.494 e. The third-order valence-electron chi connectivity index (χ3n) is 5.85. The third kappa shape index (κ3) is 5.10. The maximum atomic E-state index is 13.0. The number of amides is 2. The first-order valence-corrected chi connectivity index (χ1v) is 12.5. The van der Waals surface area contributed by atoms with E-state index in [1.807, 2.05) is 59.7 Å². The van der Waals surface area contributed by atoms with Gasteiger partial charge in [0.05, 0.1) is 18.7 Å². The van der Waals surface area contributed by atoms with E-state index in [1.165, 1.54) is 16.9 Å². The summed E-state index contributed by atoms with van der Waals surface area (Å²) < 4.78 is 5.48. The van der Waals surface area contributed by atoms with Crippen LogP contribution >= 0.6 is 11.3 Å². The van der Waals surface area contributed by atoms with Crippen LogP contribution in [0.3, 0.4) is 0 Å². The monoisotopic (exact) mass is 483 g/mol. The van der Waals surface area contributed by atoms with E-state index in [0.29, 0.717) is 24.4 Å². The van der Waals surface area contributed by atoms with Crippen molar-refractivity contribution in [3.63, 3.8) is 0 Å². The molecule has 5 rings (SSSR count). The van der Waals surface area contributed by atoms with Gasteiger partial charge in [0.25, 0.3) is 5.91 Å². The Labute approximate surface area is 208 Å². The van der Waals surface area contributed by atoms with Crippen molar-refractivity contribution >= 4 is 34.5 Å². The summed E-state index contributed by atoms with van der Waals surface area (Å²) in [4.78, 5) is 32.0. The number of carbonyl (C=O) groups is 2. The van der Waals surface area contributed by atoms with Crippen molar-refractivity contribution in [3.05, 3.63) is 95.0 Å². The van der Waals surface area contributed by atoms with Gasteiger partial charge in [-0.15, -0.1) is 11.3 Å². The second-order valence-electron chi connectivity index (χ2n) is 8.24. The van der Waals surface area contributed by atoms with Crippen LogP contribution in [-0.2, 0) is 17.6 Å². The van der Waals surface area contributed by atoms with Crippen molar-refractivity contribution in [1.29, 1.82) is 0 Å². The van der Waals surface area contributed by atoms with Crippen molar-refractivity contribution in [2.45, 2.75) is 19.8 Å². The highest BCUT2D eigenvalue weighted by atomic mass is 32.1. The van der Waals surface area contributed by atoms with Gasteiger partial charge in [-0.1, -0.05) is 18.2 Å². The topological polar surface area (TPSA) is 71.5 Å². The molecule has 35 heavy (non-hydrogen) atoms. The second kappa shape index (κ2) is 10.1. The summed E-state index contributed by atoms with van der Waals surface area (Å²) >= 11 is 1.51. The molecule has 0 spiro atoms. The van der Waals surface area contributed by atoms with Gasteiger partial charge in [-0.05, 0) is 73.5 Å². The Kier molecular flexibility index (Phi) is 6.59. The minimum atomic E-state index is -0.152. The molecule has 176 valence electrons. The van der Waals surface area contributed by atoms with Gasteiger partial charge < -0.3 is 15.0 Å². The second-order valence-corrected chi connectivity index (χ2v) is 9.10. The number of anilines is 2. The molecule has 1 aliphatic rings. The normalized spacial score (nSPS) is 12.3. The van der Waals surface area contributed by atoms with Gasteiger partial charge in [0.15, 0.2) is 0 Å². The fourth-order valence-electron chi connectivity index (χ4n) is 4.15. The molecule has 2 amide bonds. The Morgan fingerprint density at radius 1 is 1.03 bits per heavy atom. The van der Waals surface area contributed by atoms with E-state index in [2.05, 4.69) is 16.4 Å². The quantitative estimate of drug-likeness (QED) is 0.372. The number of fused-ring (bicyclic) bond motifs is 1.